The Morgan fingerprint density at radius 3 is 2.20 bits per heavy atom. The van der Waals surface area contributed by atoms with Gasteiger partial charge in [0.25, 0.3) is 5.91 Å². The molecule has 0 saturated carbocycles. The van der Waals surface area contributed by atoms with Crippen molar-refractivity contribution in [1.82, 2.24) is 20.7 Å². The Labute approximate surface area is 196 Å². The van der Waals surface area contributed by atoms with Gasteiger partial charge in [-0.15, -0.1) is 24.0 Å². The molecule has 0 unspecified atom stereocenters. The standard InChI is InChI=1S/C22H33N5O2.HI/c1-6-19-18(20(7-2)29-26-19)15-25-22(23-5)24-14-16-10-12-17(13-11-16)21(28)27(8-3)9-4;/h10-13H,6-9,14-15H2,1-5H3,(H2,23,24,25);1H. The van der Waals surface area contributed by atoms with E-state index in [1.54, 1.807) is 7.05 Å². The van der Waals surface area contributed by atoms with Crippen molar-refractivity contribution < 1.29 is 9.32 Å². The Morgan fingerprint density at radius 2 is 1.67 bits per heavy atom. The SMILES string of the molecule is CCc1noc(CC)c1CNC(=NC)NCc1ccc(C(=O)N(CC)CC)cc1.I. The van der Waals surface area contributed by atoms with Gasteiger partial charge in [0, 0.05) is 50.8 Å². The molecule has 2 rings (SSSR count). The van der Waals surface area contributed by atoms with Crippen LogP contribution >= 0.6 is 24.0 Å². The number of carbonyl (C=O) groups excluding carboxylic acids is 1. The predicted octanol–water partition coefficient (Wildman–Crippen LogP) is 3.76. The van der Waals surface area contributed by atoms with Gasteiger partial charge in [-0.25, -0.2) is 0 Å². The van der Waals surface area contributed by atoms with Crippen LogP contribution in [-0.2, 0) is 25.9 Å². The molecule has 0 bridgehead atoms. The van der Waals surface area contributed by atoms with Gasteiger partial charge in [0.2, 0.25) is 0 Å². The number of benzene rings is 1. The van der Waals surface area contributed by atoms with Gasteiger partial charge in [-0.2, -0.15) is 0 Å². The highest BCUT2D eigenvalue weighted by atomic mass is 127. The van der Waals surface area contributed by atoms with E-state index in [2.05, 4.69) is 34.6 Å². The van der Waals surface area contributed by atoms with E-state index < -0.39 is 0 Å². The second kappa shape index (κ2) is 13.3. The molecule has 0 aliphatic heterocycles. The second-order valence-electron chi connectivity index (χ2n) is 6.69. The summed E-state index contributed by atoms with van der Waals surface area (Å²) in [5.74, 6) is 1.69. The molecule has 1 aromatic heterocycles. The molecule has 1 aromatic carbocycles. The number of nitrogens with zero attached hydrogens (tertiary/aromatic N) is 3. The van der Waals surface area contributed by atoms with Crippen LogP contribution in [0.15, 0.2) is 33.8 Å². The molecule has 2 N–H and O–H groups in total. The van der Waals surface area contributed by atoms with E-state index in [9.17, 15) is 4.79 Å². The van der Waals surface area contributed by atoms with Crippen molar-refractivity contribution in [2.75, 3.05) is 20.1 Å². The smallest absolute Gasteiger partial charge is 0.253 e. The summed E-state index contributed by atoms with van der Waals surface area (Å²) in [6.07, 6.45) is 1.65. The summed E-state index contributed by atoms with van der Waals surface area (Å²) in [6, 6.07) is 7.71. The van der Waals surface area contributed by atoms with Crippen LogP contribution < -0.4 is 10.6 Å². The van der Waals surface area contributed by atoms with Crippen LogP contribution in [0.1, 0.15) is 60.6 Å². The largest absolute Gasteiger partial charge is 0.361 e. The zero-order valence-corrected chi connectivity index (χ0v) is 20.9. The van der Waals surface area contributed by atoms with E-state index >= 15 is 0 Å². The fraction of sp³-hybridized carbons (Fsp3) is 0.500. The van der Waals surface area contributed by atoms with Gasteiger partial charge in [-0.05, 0) is 38.0 Å². The van der Waals surface area contributed by atoms with E-state index in [1.165, 1.54) is 0 Å². The maximum Gasteiger partial charge on any atom is 0.253 e. The number of amides is 1. The number of halogens is 1. The minimum absolute atomic E-state index is 0. The van der Waals surface area contributed by atoms with Crippen LogP contribution in [0.2, 0.25) is 0 Å². The van der Waals surface area contributed by atoms with Gasteiger partial charge in [-0.1, -0.05) is 31.1 Å². The average molecular weight is 527 g/mol. The fourth-order valence-corrected chi connectivity index (χ4v) is 3.17. The molecule has 0 atom stereocenters. The molecule has 0 spiro atoms. The number of guanidine groups is 1. The van der Waals surface area contributed by atoms with E-state index in [0.29, 0.717) is 37.7 Å². The van der Waals surface area contributed by atoms with E-state index in [1.807, 2.05) is 43.0 Å². The van der Waals surface area contributed by atoms with Crippen LogP contribution in [0.5, 0.6) is 0 Å². The van der Waals surface area contributed by atoms with Crippen LogP contribution in [0.25, 0.3) is 0 Å². The number of aryl methyl sites for hydroxylation is 2. The number of aromatic nitrogens is 1. The van der Waals surface area contributed by atoms with Gasteiger partial charge >= 0.3 is 0 Å². The molecular formula is C22H34IN5O2. The fourth-order valence-electron chi connectivity index (χ4n) is 3.17. The summed E-state index contributed by atoms with van der Waals surface area (Å²) < 4.78 is 5.41. The topological polar surface area (TPSA) is 82.8 Å². The van der Waals surface area contributed by atoms with Crippen molar-refractivity contribution in [2.45, 2.75) is 53.6 Å². The third kappa shape index (κ3) is 6.72. The van der Waals surface area contributed by atoms with Crippen molar-refractivity contribution >= 4 is 35.8 Å². The molecule has 2 aromatic rings. The Kier molecular flexibility index (Phi) is 11.5. The van der Waals surface area contributed by atoms with Crippen molar-refractivity contribution in [3.63, 3.8) is 0 Å². The van der Waals surface area contributed by atoms with Crippen molar-refractivity contribution in [1.29, 1.82) is 0 Å². The molecule has 166 valence electrons. The van der Waals surface area contributed by atoms with Crippen molar-refractivity contribution in [3.05, 3.63) is 52.4 Å². The highest BCUT2D eigenvalue weighted by Gasteiger charge is 2.14. The molecular weight excluding hydrogens is 493 g/mol. The maximum atomic E-state index is 12.4. The summed E-state index contributed by atoms with van der Waals surface area (Å²) in [4.78, 5) is 18.5. The minimum Gasteiger partial charge on any atom is -0.361 e. The lowest BCUT2D eigenvalue weighted by atomic mass is 10.1. The number of nitrogens with one attached hydrogen (secondary N) is 2. The number of hydrogen-bond donors (Lipinski definition) is 2. The lowest BCUT2D eigenvalue weighted by molar-refractivity contribution is 0.0773. The zero-order valence-electron chi connectivity index (χ0n) is 18.6. The Morgan fingerprint density at radius 1 is 1.03 bits per heavy atom. The minimum atomic E-state index is 0. The Hall–Kier alpha value is -2.10. The summed E-state index contributed by atoms with van der Waals surface area (Å²) in [5.41, 5.74) is 3.89. The first kappa shape index (κ1) is 25.9. The first-order valence-electron chi connectivity index (χ1n) is 10.4. The van der Waals surface area contributed by atoms with Crippen molar-refractivity contribution in [2.24, 2.45) is 4.99 Å². The molecule has 7 nitrogen and oxygen atoms in total. The molecule has 30 heavy (non-hydrogen) atoms. The predicted molar refractivity (Wildman–Crippen MR) is 131 cm³/mol. The highest BCUT2D eigenvalue weighted by molar-refractivity contribution is 14.0. The summed E-state index contributed by atoms with van der Waals surface area (Å²) in [7, 11) is 1.75. The van der Waals surface area contributed by atoms with Crippen LogP contribution in [0.3, 0.4) is 0 Å². The average Bonchev–Trinajstić information content (AvgIpc) is 3.17. The quantitative estimate of drug-likeness (QED) is 0.295. The van der Waals surface area contributed by atoms with E-state index in [-0.39, 0.29) is 29.9 Å². The van der Waals surface area contributed by atoms with Crippen LogP contribution in [-0.4, -0.2) is 42.1 Å². The molecule has 1 amide bonds. The number of rotatable bonds is 9. The van der Waals surface area contributed by atoms with Gasteiger partial charge in [0.15, 0.2) is 5.96 Å². The van der Waals surface area contributed by atoms with Crippen molar-refractivity contribution in [3.8, 4) is 0 Å². The first-order valence-corrected chi connectivity index (χ1v) is 10.4. The zero-order chi connectivity index (χ0) is 21.2. The maximum absolute atomic E-state index is 12.4. The number of aliphatic imine (C=N–C) groups is 1. The highest BCUT2D eigenvalue weighted by Crippen LogP contribution is 2.15. The second-order valence-corrected chi connectivity index (χ2v) is 6.69. The normalized spacial score (nSPS) is 11.0. The number of carbonyl (C=O) groups is 1. The Bertz CT molecular complexity index is 792. The van der Waals surface area contributed by atoms with E-state index in [0.717, 1.165) is 35.4 Å². The summed E-state index contributed by atoms with van der Waals surface area (Å²) in [5, 5.41) is 10.8. The molecule has 0 fully saturated rings. The van der Waals surface area contributed by atoms with Gasteiger partial charge in [0.1, 0.15) is 5.76 Å². The molecule has 8 heteroatoms. The lowest BCUT2D eigenvalue weighted by Gasteiger charge is -2.18. The Balaban J connectivity index is 0.00000450. The third-order valence-corrected chi connectivity index (χ3v) is 4.97. The number of hydrogen-bond acceptors (Lipinski definition) is 4. The lowest BCUT2D eigenvalue weighted by Crippen LogP contribution is -2.36. The molecule has 0 saturated heterocycles. The third-order valence-electron chi connectivity index (χ3n) is 4.97. The van der Waals surface area contributed by atoms with E-state index in [4.69, 9.17) is 4.52 Å². The summed E-state index contributed by atoms with van der Waals surface area (Å²) in [6.45, 7) is 10.8. The summed E-state index contributed by atoms with van der Waals surface area (Å²) >= 11 is 0. The van der Waals surface area contributed by atoms with Gasteiger partial charge in [0.05, 0.1) is 5.69 Å². The van der Waals surface area contributed by atoms with Gasteiger partial charge in [-0.3, -0.25) is 9.79 Å². The monoisotopic (exact) mass is 527 g/mol. The van der Waals surface area contributed by atoms with Crippen LogP contribution in [0.4, 0.5) is 0 Å². The molecule has 0 radical (unpaired) electrons. The first-order chi connectivity index (χ1) is 14.1. The molecule has 1 heterocycles. The molecule has 0 aliphatic carbocycles. The van der Waals surface area contributed by atoms with Crippen LogP contribution in [0, 0.1) is 0 Å². The van der Waals surface area contributed by atoms with Gasteiger partial charge < -0.3 is 20.1 Å². The molecule has 0 aliphatic rings.